The molecular formula is C24H23ClN4O2. The Bertz CT molecular complexity index is 1100. The minimum atomic E-state index is 0.0125. The number of carbonyl (C=O) groups is 1. The molecular weight excluding hydrogens is 412 g/mol. The molecule has 1 aliphatic heterocycles. The van der Waals surface area contributed by atoms with E-state index in [0.29, 0.717) is 29.9 Å². The second-order valence-electron chi connectivity index (χ2n) is 7.94. The highest BCUT2D eigenvalue weighted by molar-refractivity contribution is 6.32. The number of piperazine rings is 1. The number of anilines is 1. The van der Waals surface area contributed by atoms with Gasteiger partial charge in [-0.1, -0.05) is 35.0 Å². The topological polar surface area (TPSA) is 62.5 Å². The van der Waals surface area contributed by atoms with Crippen molar-refractivity contribution in [3.63, 3.8) is 0 Å². The molecule has 0 unspecified atom stereocenters. The van der Waals surface area contributed by atoms with Crippen molar-refractivity contribution in [3.8, 4) is 11.4 Å². The van der Waals surface area contributed by atoms with Gasteiger partial charge in [-0.05, 0) is 54.8 Å². The molecule has 0 N–H and O–H groups in total. The van der Waals surface area contributed by atoms with Crippen molar-refractivity contribution >= 4 is 29.3 Å². The summed E-state index contributed by atoms with van der Waals surface area (Å²) in [5.41, 5.74) is 2.94. The predicted molar refractivity (Wildman–Crippen MR) is 121 cm³/mol. The summed E-state index contributed by atoms with van der Waals surface area (Å²) in [5, 5.41) is 4.75. The predicted octanol–water partition coefficient (Wildman–Crippen LogP) is 4.63. The van der Waals surface area contributed by atoms with Crippen molar-refractivity contribution in [3.05, 3.63) is 71.1 Å². The number of amides is 1. The summed E-state index contributed by atoms with van der Waals surface area (Å²) in [6.45, 7) is 2.95. The maximum atomic E-state index is 12.5. The monoisotopic (exact) mass is 434 g/mol. The van der Waals surface area contributed by atoms with E-state index in [9.17, 15) is 4.79 Å². The molecule has 2 fully saturated rings. The summed E-state index contributed by atoms with van der Waals surface area (Å²) < 4.78 is 5.36. The number of rotatable bonds is 5. The summed E-state index contributed by atoms with van der Waals surface area (Å²) in [5.74, 6) is 1.87. The van der Waals surface area contributed by atoms with Crippen molar-refractivity contribution in [1.82, 2.24) is 15.0 Å². The molecule has 158 valence electrons. The van der Waals surface area contributed by atoms with Gasteiger partial charge in [-0.3, -0.25) is 4.79 Å². The Morgan fingerprint density at radius 1 is 1.03 bits per heavy atom. The van der Waals surface area contributed by atoms with E-state index in [-0.39, 0.29) is 5.91 Å². The zero-order chi connectivity index (χ0) is 21.2. The van der Waals surface area contributed by atoms with Crippen molar-refractivity contribution in [2.75, 3.05) is 31.1 Å². The van der Waals surface area contributed by atoms with Gasteiger partial charge < -0.3 is 14.3 Å². The number of hydrogen-bond acceptors (Lipinski definition) is 5. The largest absolute Gasteiger partial charge is 0.368 e. The van der Waals surface area contributed by atoms with Crippen LogP contribution in [0.1, 0.15) is 30.2 Å². The number of aromatic nitrogens is 2. The van der Waals surface area contributed by atoms with Gasteiger partial charge in [-0.2, -0.15) is 4.98 Å². The van der Waals surface area contributed by atoms with Crippen LogP contribution < -0.4 is 4.90 Å². The molecule has 7 heteroatoms. The zero-order valence-corrected chi connectivity index (χ0v) is 17.8. The SMILES string of the molecule is O=C(/C=C/c1ccccc1Cl)N1CCN(c2ccc(-c3noc(C4CC4)n3)cc2)CC1. The van der Waals surface area contributed by atoms with E-state index in [1.54, 1.807) is 12.2 Å². The highest BCUT2D eigenvalue weighted by atomic mass is 35.5. The first kappa shape index (κ1) is 19.8. The molecule has 5 rings (SSSR count). The fourth-order valence-corrected chi connectivity index (χ4v) is 3.93. The molecule has 6 nitrogen and oxygen atoms in total. The second-order valence-corrected chi connectivity index (χ2v) is 8.35. The van der Waals surface area contributed by atoms with Crippen LogP contribution in [0.15, 0.2) is 59.1 Å². The lowest BCUT2D eigenvalue weighted by molar-refractivity contribution is -0.126. The normalized spacial score (nSPS) is 16.8. The molecule has 0 radical (unpaired) electrons. The fourth-order valence-electron chi connectivity index (χ4n) is 3.73. The summed E-state index contributed by atoms with van der Waals surface area (Å²) in [6.07, 6.45) is 5.67. The van der Waals surface area contributed by atoms with Crippen LogP contribution in [-0.4, -0.2) is 47.1 Å². The van der Waals surface area contributed by atoms with Gasteiger partial charge in [-0.15, -0.1) is 0 Å². The van der Waals surface area contributed by atoms with Gasteiger partial charge in [0.2, 0.25) is 17.6 Å². The fraction of sp³-hybridized carbons (Fsp3) is 0.292. The van der Waals surface area contributed by atoms with Crippen molar-refractivity contribution in [2.45, 2.75) is 18.8 Å². The van der Waals surface area contributed by atoms with Crippen molar-refractivity contribution in [1.29, 1.82) is 0 Å². The Morgan fingerprint density at radius 3 is 2.48 bits per heavy atom. The average molecular weight is 435 g/mol. The molecule has 0 bridgehead atoms. The third-order valence-corrected chi connectivity index (χ3v) is 6.11. The molecule has 2 heterocycles. The van der Waals surface area contributed by atoms with Crippen molar-refractivity contribution < 1.29 is 9.32 Å². The summed E-state index contributed by atoms with van der Waals surface area (Å²) >= 11 is 6.15. The number of halogens is 1. The minimum absolute atomic E-state index is 0.0125. The molecule has 3 aromatic rings. The molecule has 1 aliphatic carbocycles. The number of nitrogens with zero attached hydrogens (tertiary/aromatic N) is 4. The highest BCUT2D eigenvalue weighted by Crippen LogP contribution is 2.39. The summed E-state index contributed by atoms with van der Waals surface area (Å²) in [6, 6.07) is 15.7. The zero-order valence-electron chi connectivity index (χ0n) is 17.1. The van der Waals surface area contributed by atoms with E-state index >= 15 is 0 Å². The Hall–Kier alpha value is -3.12. The molecule has 1 amide bonds. The number of hydrogen-bond donors (Lipinski definition) is 0. The van der Waals surface area contributed by atoms with Crippen LogP contribution in [-0.2, 0) is 4.79 Å². The van der Waals surface area contributed by atoms with Crippen LogP contribution in [0, 0.1) is 0 Å². The molecule has 31 heavy (non-hydrogen) atoms. The highest BCUT2D eigenvalue weighted by Gasteiger charge is 2.29. The van der Waals surface area contributed by atoms with Gasteiger partial charge >= 0.3 is 0 Å². The first-order valence-electron chi connectivity index (χ1n) is 10.6. The first-order chi connectivity index (χ1) is 15.2. The van der Waals surface area contributed by atoms with E-state index in [1.165, 1.54) is 0 Å². The van der Waals surface area contributed by atoms with E-state index in [4.69, 9.17) is 16.1 Å². The van der Waals surface area contributed by atoms with Gasteiger partial charge in [0, 0.05) is 54.4 Å². The van der Waals surface area contributed by atoms with Gasteiger partial charge in [0.25, 0.3) is 0 Å². The molecule has 1 aromatic heterocycles. The quantitative estimate of drug-likeness (QED) is 0.548. The second kappa shape index (κ2) is 8.55. The third-order valence-electron chi connectivity index (χ3n) is 5.76. The molecule has 2 aromatic carbocycles. The number of benzene rings is 2. The Kier molecular flexibility index (Phi) is 5.47. The third kappa shape index (κ3) is 4.49. The van der Waals surface area contributed by atoms with Crippen LogP contribution in [0.4, 0.5) is 5.69 Å². The smallest absolute Gasteiger partial charge is 0.246 e. The van der Waals surface area contributed by atoms with Crippen LogP contribution in [0.3, 0.4) is 0 Å². The van der Waals surface area contributed by atoms with Crippen molar-refractivity contribution in [2.24, 2.45) is 0 Å². The maximum absolute atomic E-state index is 12.5. The van der Waals surface area contributed by atoms with Gasteiger partial charge in [0.05, 0.1) is 0 Å². The van der Waals surface area contributed by atoms with Crippen LogP contribution in [0.5, 0.6) is 0 Å². The minimum Gasteiger partial charge on any atom is -0.368 e. The first-order valence-corrected chi connectivity index (χ1v) is 11.0. The van der Waals surface area contributed by atoms with Crippen LogP contribution in [0.25, 0.3) is 17.5 Å². The van der Waals surface area contributed by atoms with Gasteiger partial charge in [0.15, 0.2) is 0 Å². The van der Waals surface area contributed by atoms with E-state index in [2.05, 4.69) is 27.2 Å². The van der Waals surface area contributed by atoms with E-state index < -0.39 is 0 Å². The van der Waals surface area contributed by atoms with Crippen LogP contribution in [0.2, 0.25) is 5.02 Å². The lowest BCUT2D eigenvalue weighted by atomic mass is 10.1. The molecule has 1 saturated heterocycles. The standard InChI is InChI=1S/C24H23ClN4O2/c25-21-4-2-1-3-17(21)9-12-22(30)29-15-13-28(14-16-29)20-10-7-18(8-11-20)23-26-24(31-27-23)19-5-6-19/h1-4,7-12,19H,5-6,13-16H2/b12-9+. The lowest BCUT2D eigenvalue weighted by Crippen LogP contribution is -2.48. The average Bonchev–Trinajstić information content (AvgIpc) is 3.55. The van der Waals surface area contributed by atoms with Gasteiger partial charge in [0.1, 0.15) is 0 Å². The molecule has 0 spiro atoms. The Labute approximate surface area is 186 Å². The van der Waals surface area contributed by atoms with E-state index in [0.717, 1.165) is 48.6 Å². The summed E-state index contributed by atoms with van der Waals surface area (Å²) in [4.78, 5) is 21.2. The number of carbonyl (C=O) groups excluding carboxylic acids is 1. The lowest BCUT2D eigenvalue weighted by Gasteiger charge is -2.35. The Balaban J connectivity index is 1.17. The molecule has 0 atom stereocenters. The van der Waals surface area contributed by atoms with Crippen LogP contribution >= 0.6 is 11.6 Å². The van der Waals surface area contributed by atoms with Gasteiger partial charge in [-0.25, -0.2) is 0 Å². The molecule has 1 saturated carbocycles. The van der Waals surface area contributed by atoms with E-state index in [1.807, 2.05) is 41.3 Å². The maximum Gasteiger partial charge on any atom is 0.246 e. The Morgan fingerprint density at radius 2 is 1.77 bits per heavy atom. The summed E-state index contributed by atoms with van der Waals surface area (Å²) in [7, 11) is 0. The molecule has 2 aliphatic rings.